The molecule has 1 saturated heterocycles. The number of ether oxygens (including phenoxy) is 2. The van der Waals surface area contributed by atoms with E-state index >= 15 is 0 Å². The first kappa shape index (κ1) is 14.8. The summed E-state index contributed by atoms with van der Waals surface area (Å²) in [6.45, 7) is 1.80. The van der Waals surface area contributed by atoms with Gasteiger partial charge in [0, 0.05) is 29.3 Å². The zero-order chi connectivity index (χ0) is 13.7. The smallest absolute Gasteiger partial charge is 0.124 e. The zero-order valence-corrected chi connectivity index (χ0v) is 13.2. The van der Waals surface area contributed by atoms with E-state index in [1.54, 1.807) is 7.11 Å². The minimum Gasteiger partial charge on any atom is -0.496 e. The first-order chi connectivity index (χ1) is 9.24. The molecule has 0 amide bonds. The van der Waals surface area contributed by atoms with Gasteiger partial charge in [-0.3, -0.25) is 0 Å². The third kappa shape index (κ3) is 3.94. The van der Waals surface area contributed by atoms with Crippen LogP contribution in [0.15, 0.2) is 22.7 Å². The van der Waals surface area contributed by atoms with Gasteiger partial charge in [0.2, 0.25) is 0 Å². The molecular weight excluding hydrogens is 306 g/mol. The van der Waals surface area contributed by atoms with E-state index in [0.29, 0.717) is 6.04 Å². The summed E-state index contributed by atoms with van der Waals surface area (Å²) in [6, 6.07) is 6.59. The molecule has 1 heterocycles. The third-order valence-corrected chi connectivity index (χ3v) is 4.32. The van der Waals surface area contributed by atoms with Crippen molar-refractivity contribution in [3.8, 4) is 5.75 Å². The molecule has 0 radical (unpaired) electrons. The first-order valence-electron chi connectivity index (χ1n) is 6.83. The summed E-state index contributed by atoms with van der Waals surface area (Å²) < 4.78 is 12.0. The van der Waals surface area contributed by atoms with Crippen molar-refractivity contribution in [1.82, 2.24) is 5.32 Å². The van der Waals surface area contributed by atoms with Gasteiger partial charge in [0.15, 0.2) is 0 Å². The highest BCUT2D eigenvalue weighted by Crippen LogP contribution is 2.33. The van der Waals surface area contributed by atoms with Crippen LogP contribution in [0.5, 0.6) is 5.75 Å². The molecule has 0 aliphatic carbocycles. The standard InChI is InChI=1S/C15H22BrNO2/c1-17-14(9-11-5-7-19-8-6-11)13-4-3-12(16)10-15(13)18-2/h3-4,10-11,14,17H,5-9H2,1-2H3. The van der Waals surface area contributed by atoms with Crippen LogP contribution in [-0.4, -0.2) is 27.4 Å². The number of hydrogen-bond donors (Lipinski definition) is 1. The number of halogens is 1. The van der Waals surface area contributed by atoms with Gasteiger partial charge in [-0.25, -0.2) is 0 Å². The number of benzene rings is 1. The minimum atomic E-state index is 0.339. The van der Waals surface area contributed by atoms with Gasteiger partial charge in [-0.2, -0.15) is 0 Å². The van der Waals surface area contributed by atoms with Crippen LogP contribution in [0.3, 0.4) is 0 Å². The molecule has 3 nitrogen and oxygen atoms in total. The normalized spacial score (nSPS) is 18.3. The Morgan fingerprint density at radius 3 is 2.79 bits per heavy atom. The molecule has 2 rings (SSSR count). The Labute approximate surface area is 123 Å². The van der Waals surface area contributed by atoms with E-state index in [4.69, 9.17) is 9.47 Å². The molecule has 1 aliphatic heterocycles. The van der Waals surface area contributed by atoms with Crippen molar-refractivity contribution in [3.05, 3.63) is 28.2 Å². The van der Waals surface area contributed by atoms with Crippen molar-refractivity contribution < 1.29 is 9.47 Å². The molecule has 0 spiro atoms. The molecule has 0 aromatic heterocycles. The predicted octanol–water partition coefficient (Wildman–Crippen LogP) is 3.53. The first-order valence-corrected chi connectivity index (χ1v) is 7.62. The molecule has 0 bridgehead atoms. The Bertz CT molecular complexity index is 405. The largest absolute Gasteiger partial charge is 0.496 e. The van der Waals surface area contributed by atoms with Crippen molar-refractivity contribution in [2.24, 2.45) is 5.92 Å². The SMILES string of the molecule is CNC(CC1CCOCC1)c1ccc(Br)cc1OC. The Morgan fingerprint density at radius 2 is 2.16 bits per heavy atom. The van der Waals surface area contributed by atoms with Gasteiger partial charge < -0.3 is 14.8 Å². The molecule has 1 atom stereocenters. The van der Waals surface area contributed by atoms with Gasteiger partial charge in [0.1, 0.15) is 5.75 Å². The summed E-state index contributed by atoms with van der Waals surface area (Å²) in [5.41, 5.74) is 1.24. The van der Waals surface area contributed by atoms with Crippen molar-refractivity contribution in [2.45, 2.75) is 25.3 Å². The second-order valence-electron chi connectivity index (χ2n) is 5.02. The average Bonchev–Trinajstić information content (AvgIpc) is 2.46. The van der Waals surface area contributed by atoms with E-state index in [9.17, 15) is 0 Å². The Hall–Kier alpha value is -0.580. The molecule has 0 saturated carbocycles. The van der Waals surface area contributed by atoms with E-state index in [2.05, 4.69) is 33.4 Å². The average molecular weight is 328 g/mol. The van der Waals surface area contributed by atoms with Crippen LogP contribution in [0.4, 0.5) is 0 Å². The van der Waals surface area contributed by atoms with Crippen LogP contribution in [0.25, 0.3) is 0 Å². The zero-order valence-electron chi connectivity index (χ0n) is 11.6. The lowest BCUT2D eigenvalue weighted by Crippen LogP contribution is -2.24. The van der Waals surface area contributed by atoms with Crippen molar-refractivity contribution in [3.63, 3.8) is 0 Å². The maximum atomic E-state index is 5.50. The molecule has 106 valence electrons. The van der Waals surface area contributed by atoms with Gasteiger partial charge in [-0.15, -0.1) is 0 Å². The second-order valence-corrected chi connectivity index (χ2v) is 5.93. The van der Waals surface area contributed by atoms with Gasteiger partial charge in [0.05, 0.1) is 7.11 Å². The van der Waals surface area contributed by atoms with E-state index in [1.165, 1.54) is 5.56 Å². The molecule has 1 fully saturated rings. The summed E-state index contributed by atoms with van der Waals surface area (Å²) in [6.07, 6.45) is 3.46. The van der Waals surface area contributed by atoms with E-state index < -0.39 is 0 Å². The summed E-state index contributed by atoms with van der Waals surface area (Å²) in [4.78, 5) is 0. The molecule has 1 N–H and O–H groups in total. The van der Waals surface area contributed by atoms with Crippen molar-refractivity contribution in [1.29, 1.82) is 0 Å². The lowest BCUT2D eigenvalue weighted by Gasteiger charge is -2.27. The van der Waals surface area contributed by atoms with Crippen LogP contribution >= 0.6 is 15.9 Å². The predicted molar refractivity (Wildman–Crippen MR) is 80.7 cm³/mol. The summed E-state index contributed by atoms with van der Waals surface area (Å²) in [5.74, 6) is 1.68. The van der Waals surface area contributed by atoms with Crippen LogP contribution < -0.4 is 10.1 Å². The lowest BCUT2D eigenvalue weighted by molar-refractivity contribution is 0.0607. The van der Waals surface area contributed by atoms with Crippen molar-refractivity contribution >= 4 is 15.9 Å². The van der Waals surface area contributed by atoms with Crippen LogP contribution in [0, 0.1) is 5.92 Å². The fraction of sp³-hybridized carbons (Fsp3) is 0.600. The molecule has 1 aromatic carbocycles. The Morgan fingerprint density at radius 1 is 1.42 bits per heavy atom. The Kier molecular flexibility index (Phi) is 5.67. The van der Waals surface area contributed by atoms with Crippen molar-refractivity contribution in [2.75, 3.05) is 27.4 Å². The van der Waals surface area contributed by atoms with E-state index in [1.807, 2.05) is 13.1 Å². The van der Waals surface area contributed by atoms with Gasteiger partial charge >= 0.3 is 0 Å². The topological polar surface area (TPSA) is 30.5 Å². The number of nitrogens with one attached hydrogen (secondary N) is 1. The van der Waals surface area contributed by atoms with E-state index in [0.717, 1.165) is 48.6 Å². The monoisotopic (exact) mass is 327 g/mol. The van der Waals surface area contributed by atoms with Gasteiger partial charge in [-0.05, 0) is 44.4 Å². The highest BCUT2D eigenvalue weighted by atomic mass is 79.9. The highest BCUT2D eigenvalue weighted by molar-refractivity contribution is 9.10. The molecular formula is C15H22BrNO2. The lowest BCUT2D eigenvalue weighted by atomic mass is 9.89. The minimum absolute atomic E-state index is 0.339. The number of hydrogen-bond acceptors (Lipinski definition) is 3. The fourth-order valence-electron chi connectivity index (χ4n) is 2.69. The summed E-state index contributed by atoms with van der Waals surface area (Å²) in [7, 11) is 3.75. The second kappa shape index (κ2) is 7.27. The number of rotatable bonds is 5. The molecule has 1 aliphatic rings. The molecule has 1 aromatic rings. The highest BCUT2D eigenvalue weighted by Gasteiger charge is 2.21. The molecule has 19 heavy (non-hydrogen) atoms. The van der Waals surface area contributed by atoms with E-state index in [-0.39, 0.29) is 0 Å². The third-order valence-electron chi connectivity index (χ3n) is 3.83. The van der Waals surface area contributed by atoms with Crippen LogP contribution in [0.2, 0.25) is 0 Å². The summed E-state index contributed by atoms with van der Waals surface area (Å²) >= 11 is 3.49. The van der Waals surface area contributed by atoms with Gasteiger partial charge in [-0.1, -0.05) is 22.0 Å². The van der Waals surface area contributed by atoms with Crippen LogP contribution in [0.1, 0.15) is 30.9 Å². The Balaban J connectivity index is 2.11. The fourth-order valence-corrected chi connectivity index (χ4v) is 3.03. The quantitative estimate of drug-likeness (QED) is 0.897. The summed E-state index contributed by atoms with van der Waals surface area (Å²) in [5, 5.41) is 3.42. The van der Waals surface area contributed by atoms with Crippen LogP contribution in [-0.2, 0) is 4.74 Å². The maximum absolute atomic E-state index is 5.50. The van der Waals surface area contributed by atoms with Gasteiger partial charge in [0.25, 0.3) is 0 Å². The molecule has 4 heteroatoms. The molecule has 1 unspecified atom stereocenters. The number of methoxy groups -OCH3 is 1. The maximum Gasteiger partial charge on any atom is 0.124 e.